The maximum Gasteiger partial charge on any atom is 0.0648 e. The zero-order valence-electron chi connectivity index (χ0n) is 8.59. The summed E-state index contributed by atoms with van der Waals surface area (Å²) in [6.07, 6.45) is 5.63. The van der Waals surface area contributed by atoms with Crippen LogP contribution in [0.15, 0.2) is 41.1 Å². The molecule has 0 unspecified atom stereocenters. The van der Waals surface area contributed by atoms with Gasteiger partial charge in [-0.2, -0.15) is 0 Å². The first-order valence-electron chi connectivity index (χ1n) is 4.22. The van der Waals surface area contributed by atoms with Gasteiger partial charge in [-0.3, -0.25) is 4.99 Å². The molecule has 1 nitrogen and oxygen atoms in total. The van der Waals surface area contributed by atoms with Crippen molar-refractivity contribution in [3.8, 4) is 0 Å². The summed E-state index contributed by atoms with van der Waals surface area (Å²) >= 11 is 0. The standard InChI is InChI=1S/C9H13N.C2H6/c1-5-8(6-2)9(7-3)10-4;1-2/h5-7H,1,4H2,2-3H3;1-2H3/b8-6+,9-7+;. The molecule has 1 heteroatoms. The Balaban J connectivity index is 0. The van der Waals surface area contributed by atoms with Crippen molar-refractivity contribution in [1.29, 1.82) is 0 Å². The van der Waals surface area contributed by atoms with E-state index in [9.17, 15) is 0 Å². The van der Waals surface area contributed by atoms with Crippen LogP contribution in [0.4, 0.5) is 0 Å². The minimum absolute atomic E-state index is 0.887. The van der Waals surface area contributed by atoms with Gasteiger partial charge in [0, 0.05) is 0 Å². The molecular weight excluding hydrogens is 146 g/mol. The second-order valence-corrected chi connectivity index (χ2v) is 1.78. The monoisotopic (exact) mass is 165 g/mol. The predicted molar refractivity (Wildman–Crippen MR) is 58.6 cm³/mol. The van der Waals surface area contributed by atoms with E-state index in [1.54, 1.807) is 6.08 Å². The van der Waals surface area contributed by atoms with E-state index in [4.69, 9.17) is 0 Å². The zero-order chi connectivity index (χ0) is 9.98. The Morgan fingerprint density at radius 1 is 1.17 bits per heavy atom. The molecule has 0 rings (SSSR count). The van der Waals surface area contributed by atoms with Gasteiger partial charge in [-0.15, -0.1) is 0 Å². The fourth-order valence-corrected chi connectivity index (χ4v) is 0.720. The van der Waals surface area contributed by atoms with Crippen molar-refractivity contribution >= 4 is 6.72 Å². The molecule has 12 heavy (non-hydrogen) atoms. The minimum Gasteiger partial charge on any atom is -0.264 e. The summed E-state index contributed by atoms with van der Waals surface area (Å²) in [6, 6.07) is 0. The van der Waals surface area contributed by atoms with E-state index in [0.29, 0.717) is 0 Å². The zero-order valence-corrected chi connectivity index (χ0v) is 8.59. The minimum atomic E-state index is 0.887. The lowest BCUT2D eigenvalue weighted by molar-refractivity contribution is 1.33. The van der Waals surface area contributed by atoms with Gasteiger partial charge in [-0.05, 0) is 26.1 Å². The van der Waals surface area contributed by atoms with Crippen LogP contribution in [-0.2, 0) is 0 Å². The van der Waals surface area contributed by atoms with E-state index in [0.717, 1.165) is 11.3 Å². The van der Waals surface area contributed by atoms with E-state index in [-0.39, 0.29) is 0 Å². The van der Waals surface area contributed by atoms with Gasteiger partial charge in [0.2, 0.25) is 0 Å². The van der Waals surface area contributed by atoms with Gasteiger partial charge in [0.15, 0.2) is 0 Å². The Kier molecular flexibility index (Phi) is 11.1. The molecule has 0 aliphatic rings. The molecule has 68 valence electrons. The highest BCUT2D eigenvalue weighted by molar-refractivity contribution is 5.42. The average molecular weight is 165 g/mol. The Morgan fingerprint density at radius 3 is 1.75 bits per heavy atom. The Morgan fingerprint density at radius 2 is 1.67 bits per heavy atom. The van der Waals surface area contributed by atoms with Crippen LogP contribution in [0, 0.1) is 0 Å². The van der Waals surface area contributed by atoms with Crippen LogP contribution in [0.25, 0.3) is 0 Å². The average Bonchev–Trinajstić information content (AvgIpc) is 2.17. The highest BCUT2D eigenvalue weighted by Crippen LogP contribution is 2.10. The third-order valence-electron chi connectivity index (χ3n) is 1.27. The molecule has 0 atom stereocenters. The maximum atomic E-state index is 3.82. The smallest absolute Gasteiger partial charge is 0.0648 e. The number of hydrogen-bond donors (Lipinski definition) is 0. The number of rotatable bonds is 3. The van der Waals surface area contributed by atoms with Gasteiger partial charge < -0.3 is 0 Å². The molecule has 0 heterocycles. The summed E-state index contributed by atoms with van der Waals surface area (Å²) in [5, 5.41) is 0. The Hall–Kier alpha value is -1.11. The number of aliphatic imine (C=N–C) groups is 1. The molecule has 0 saturated heterocycles. The van der Waals surface area contributed by atoms with E-state index in [1.165, 1.54) is 0 Å². The molecule has 0 aromatic rings. The molecule has 0 amide bonds. The summed E-state index contributed by atoms with van der Waals surface area (Å²) in [7, 11) is 0. The lowest BCUT2D eigenvalue weighted by Crippen LogP contribution is -1.79. The van der Waals surface area contributed by atoms with Crippen molar-refractivity contribution < 1.29 is 0 Å². The van der Waals surface area contributed by atoms with Crippen molar-refractivity contribution in [2.45, 2.75) is 27.7 Å². The van der Waals surface area contributed by atoms with Crippen LogP contribution in [0.3, 0.4) is 0 Å². The topological polar surface area (TPSA) is 12.4 Å². The summed E-state index contributed by atoms with van der Waals surface area (Å²) in [5.41, 5.74) is 1.91. The first-order chi connectivity index (χ1) is 5.79. The maximum absolute atomic E-state index is 3.82. The normalized spacial score (nSPS) is 11.3. The Labute approximate surface area is 76.2 Å². The van der Waals surface area contributed by atoms with Gasteiger partial charge in [-0.1, -0.05) is 38.7 Å². The van der Waals surface area contributed by atoms with Crippen molar-refractivity contribution in [1.82, 2.24) is 0 Å². The number of nitrogens with zero attached hydrogens (tertiary/aromatic N) is 1. The fraction of sp³-hybridized carbons (Fsp3) is 0.364. The fourth-order valence-electron chi connectivity index (χ4n) is 0.720. The summed E-state index contributed by atoms with van der Waals surface area (Å²) in [5.74, 6) is 0. The van der Waals surface area contributed by atoms with Gasteiger partial charge in [0.05, 0.1) is 5.70 Å². The van der Waals surface area contributed by atoms with Crippen LogP contribution >= 0.6 is 0 Å². The molecule has 0 aliphatic carbocycles. The molecule has 0 radical (unpaired) electrons. The molecule has 0 saturated carbocycles. The highest BCUT2D eigenvalue weighted by Gasteiger charge is 1.92. The summed E-state index contributed by atoms with van der Waals surface area (Å²) in [6.45, 7) is 15.0. The van der Waals surface area contributed by atoms with Gasteiger partial charge in [0.1, 0.15) is 0 Å². The first kappa shape index (κ1) is 13.5. The van der Waals surface area contributed by atoms with Crippen LogP contribution < -0.4 is 0 Å². The number of allylic oxidation sites excluding steroid dienone is 3. The van der Waals surface area contributed by atoms with Gasteiger partial charge in [0.25, 0.3) is 0 Å². The van der Waals surface area contributed by atoms with Gasteiger partial charge >= 0.3 is 0 Å². The van der Waals surface area contributed by atoms with Crippen LogP contribution in [0.2, 0.25) is 0 Å². The summed E-state index contributed by atoms with van der Waals surface area (Å²) < 4.78 is 0. The van der Waals surface area contributed by atoms with Crippen molar-refractivity contribution in [2.75, 3.05) is 0 Å². The Bertz CT molecular complexity index is 163. The molecular formula is C11H19N. The van der Waals surface area contributed by atoms with Crippen molar-refractivity contribution in [3.05, 3.63) is 36.1 Å². The molecule has 0 aromatic carbocycles. The molecule has 0 aliphatic heterocycles. The predicted octanol–water partition coefficient (Wildman–Crippen LogP) is 3.75. The van der Waals surface area contributed by atoms with Crippen LogP contribution in [0.5, 0.6) is 0 Å². The lowest BCUT2D eigenvalue weighted by atomic mass is 10.2. The molecule has 0 spiro atoms. The van der Waals surface area contributed by atoms with Crippen LogP contribution in [0.1, 0.15) is 27.7 Å². The molecule has 0 N–H and O–H groups in total. The SMILES string of the molecule is C=CC(=C\C)/C(=C\C)N=C.CC. The van der Waals surface area contributed by atoms with Crippen molar-refractivity contribution in [3.63, 3.8) is 0 Å². The quantitative estimate of drug-likeness (QED) is 0.446. The molecule has 0 aromatic heterocycles. The second-order valence-electron chi connectivity index (χ2n) is 1.78. The summed E-state index contributed by atoms with van der Waals surface area (Å²) in [4.78, 5) is 3.82. The second kappa shape index (κ2) is 9.89. The van der Waals surface area contributed by atoms with E-state index < -0.39 is 0 Å². The largest absolute Gasteiger partial charge is 0.264 e. The van der Waals surface area contributed by atoms with E-state index in [1.807, 2.05) is 39.8 Å². The van der Waals surface area contributed by atoms with Crippen molar-refractivity contribution in [2.24, 2.45) is 4.99 Å². The third-order valence-corrected chi connectivity index (χ3v) is 1.27. The van der Waals surface area contributed by atoms with E-state index in [2.05, 4.69) is 18.3 Å². The number of hydrogen-bond acceptors (Lipinski definition) is 1. The molecule has 0 bridgehead atoms. The third kappa shape index (κ3) is 4.67. The lowest BCUT2D eigenvalue weighted by Gasteiger charge is -1.98. The first-order valence-corrected chi connectivity index (χ1v) is 4.22. The van der Waals surface area contributed by atoms with Gasteiger partial charge in [-0.25, -0.2) is 0 Å². The highest BCUT2D eigenvalue weighted by atomic mass is 14.7. The van der Waals surface area contributed by atoms with Crippen LogP contribution in [-0.4, -0.2) is 6.72 Å². The molecule has 0 fully saturated rings. The van der Waals surface area contributed by atoms with E-state index >= 15 is 0 Å².